The fourth-order valence-electron chi connectivity index (χ4n) is 3.31. The molecule has 7 nitrogen and oxygen atoms in total. The number of rotatable bonds is 6. The fourth-order valence-corrected chi connectivity index (χ4v) is 5.10. The zero-order valence-corrected chi connectivity index (χ0v) is 18.7. The molecule has 0 spiro atoms. The van der Waals surface area contributed by atoms with Crippen LogP contribution in [0.15, 0.2) is 47.4 Å². The minimum absolute atomic E-state index is 0.0263. The molecule has 1 fully saturated rings. The van der Waals surface area contributed by atoms with Gasteiger partial charge in [-0.05, 0) is 42.8 Å². The van der Waals surface area contributed by atoms with Gasteiger partial charge in [-0.15, -0.1) is 0 Å². The Morgan fingerprint density at radius 2 is 1.90 bits per heavy atom. The van der Waals surface area contributed by atoms with E-state index in [9.17, 15) is 13.2 Å². The monoisotopic (exact) mass is 452 g/mol. The van der Waals surface area contributed by atoms with Crippen LogP contribution >= 0.6 is 11.6 Å². The second-order valence-electron chi connectivity index (χ2n) is 7.03. The number of methoxy groups -OCH3 is 1. The number of morpholine rings is 1. The lowest BCUT2D eigenvalue weighted by atomic mass is 10.1. The molecule has 0 radical (unpaired) electrons. The standard InChI is InChI=1S/C21H25ClN2O5S/c1-15(16-5-4-6-18(22)13-16)23(2)21(25)17-7-8-19(28-3)20(14-17)30(26,27)24-9-11-29-12-10-24/h4-8,13-15H,9-12H2,1-3H3. The van der Waals surface area contributed by atoms with Crippen LogP contribution in [-0.4, -0.2) is 64.0 Å². The topological polar surface area (TPSA) is 76.2 Å². The number of hydrogen-bond acceptors (Lipinski definition) is 5. The number of amides is 1. The Kier molecular flexibility index (Phi) is 7.02. The lowest BCUT2D eigenvalue weighted by Crippen LogP contribution is -2.40. The van der Waals surface area contributed by atoms with Crippen LogP contribution in [0.2, 0.25) is 5.02 Å². The maximum absolute atomic E-state index is 13.2. The zero-order chi connectivity index (χ0) is 21.9. The molecule has 30 heavy (non-hydrogen) atoms. The minimum Gasteiger partial charge on any atom is -0.495 e. The molecule has 1 heterocycles. The third-order valence-electron chi connectivity index (χ3n) is 5.23. The molecule has 0 bridgehead atoms. The van der Waals surface area contributed by atoms with Gasteiger partial charge in [0.2, 0.25) is 10.0 Å². The summed E-state index contributed by atoms with van der Waals surface area (Å²) in [5.41, 5.74) is 1.15. The molecule has 2 aromatic rings. The number of benzene rings is 2. The van der Waals surface area contributed by atoms with Crippen LogP contribution in [0.4, 0.5) is 0 Å². The van der Waals surface area contributed by atoms with Crippen molar-refractivity contribution >= 4 is 27.5 Å². The summed E-state index contributed by atoms with van der Waals surface area (Å²) in [4.78, 5) is 14.7. The normalized spacial score (nSPS) is 16.1. The van der Waals surface area contributed by atoms with Gasteiger partial charge in [-0.1, -0.05) is 23.7 Å². The van der Waals surface area contributed by atoms with Crippen molar-refractivity contribution in [2.75, 3.05) is 40.5 Å². The van der Waals surface area contributed by atoms with Crippen LogP contribution in [0.5, 0.6) is 5.75 Å². The third kappa shape index (κ3) is 4.62. The molecule has 1 aliphatic heterocycles. The van der Waals surface area contributed by atoms with Crippen molar-refractivity contribution in [2.24, 2.45) is 0 Å². The average Bonchev–Trinajstić information content (AvgIpc) is 2.77. The second-order valence-corrected chi connectivity index (χ2v) is 9.37. The molecular formula is C21H25ClN2O5S. The molecular weight excluding hydrogens is 428 g/mol. The molecule has 0 aromatic heterocycles. The Bertz CT molecular complexity index is 1020. The van der Waals surface area contributed by atoms with Crippen LogP contribution in [-0.2, 0) is 14.8 Å². The third-order valence-corrected chi connectivity index (χ3v) is 7.39. The van der Waals surface area contributed by atoms with E-state index in [1.54, 1.807) is 30.1 Å². The highest BCUT2D eigenvalue weighted by molar-refractivity contribution is 7.89. The SMILES string of the molecule is COc1ccc(C(=O)N(C)C(C)c2cccc(Cl)c2)cc1S(=O)(=O)N1CCOCC1. The number of nitrogens with zero attached hydrogens (tertiary/aromatic N) is 2. The first kappa shape index (κ1) is 22.6. The molecule has 9 heteroatoms. The van der Waals surface area contributed by atoms with E-state index in [1.165, 1.54) is 23.5 Å². The summed E-state index contributed by atoms with van der Waals surface area (Å²) in [6, 6.07) is 11.5. The minimum atomic E-state index is -3.82. The lowest BCUT2D eigenvalue weighted by Gasteiger charge is -2.28. The van der Waals surface area contributed by atoms with Gasteiger partial charge < -0.3 is 14.4 Å². The van der Waals surface area contributed by atoms with Crippen molar-refractivity contribution in [3.05, 3.63) is 58.6 Å². The first-order chi connectivity index (χ1) is 14.3. The smallest absolute Gasteiger partial charge is 0.254 e. The highest BCUT2D eigenvalue weighted by Gasteiger charge is 2.30. The fraction of sp³-hybridized carbons (Fsp3) is 0.381. The summed E-state index contributed by atoms with van der Waals surface area (Å²) < 4.78 is 38.2. The summed E-state index contributed by atoms with van der Waals surface area (Å²) in [6.07, 6.45) is 0. The molecule has 1 aliphatic rings. The van der Waals surface area contributed by atoms with Crippen molar-refractivity contribution in [1.82, 2.24) is 9.21 Å². The zero-order valence-electron chi connectivity index (χ0n) is 17.2. The molecule has 0 N–H and O–H groups in total. The Morgan fingerprint density at radius 1 is 1.20 bits per heavy atom. The number of sulfonamides is 1. The van der Waals surface area contributed by atoms with Crippen molar-refractivity contribution in [2.45, 2.75) is 17.9 Å². The van der Waals surface area contributed by atoms with E-state index in [0.717, 1.165) is 5.56 Å². The molecule has 3 rings (SSSR count). The van der Waals surface area contributed by atoms with Gasteiger partial charge in [0.1, 0.15) is 10.6 Å². The molecule has 2 aromatic carbocycles. The van der Waals surface area contributed by atoms with Gasteiger partial charge in [-0.2, -0.15) is 4.31 Å². The maximum Gasteiger partial charge on any atom is 0.254 e. The molecule has 0 saturated carbocycles. The Balaban J connectivity index is 1.92. The van der Waals surface area contributed by atoms with Gasteiger partial charge in [-0.25, -0.2) is 8.42 Å². The Labute approximate surface area is 182 Å². The molecule has 1 amide bonds. The summed E-state index contributed by atoms with van der Waals surface area (Å²) in [5, 5.41) is 0.587. The molecule has 1 unspecified atom stereocenters. The van der Waals surface area contributed by atoms with Gasteiger partial charge in [0.05, 0.1) is 26.4 Å². The van der Waals surface area contributed by atoms with Gasteiger partial charge in [0, 0.05) is 30.7 Å². The van der Waals surface area contributed by atoms with Crippen LogP contribution < -0.4 is 4.74 Å². The summed E-state index contributed by atoms with van der Waals surface area (Å²) in [5.74, 6) is -0.104. The largest absolute Gasteiger partial charge is 0.495 e. The van der Waals surface area contributed by atoms with Crippen LogP contribution in [0, 0.1) is 0 Å². The van der Waals surface area contributed by atoms with E-state index in [4.69, 9.17) is 21.1 Å². The van der Waals surface area contributed by atoms with E-state index in [0.29, 0.717) is 18.2 Å². The Morgan fingerprint density at radius 3 is 2.53 bits per heavy atom. The van der Waals surface area contributed by atoms with Crippen molar-refractivity contribution in [3.63, 3.8) is 0 Å². The molecule has 1 atom stereocenters. The molecule has 162 valence electrons. The van der Waals surface area contributed by atoms with Crippen LogP contribution in [0.25, 0.3) is 0 Å². The van der Waals surface area contributed by atoms with Crippen molar-refractivity contribution in [1.29, 1.82) is 0 Å². The second kappa shape index (κ2) is 9.34. The van der Waals surface area contributed by atoms with E-state index < -0.39 is 10.0 Å². The van der Waals surface area contributed by atoms with Gasteiger partial charge in [0.25, 0.3) is 5.91 Å². The first-order valence-corrected chi connectivity index (χ1v) is 11.4. The van der Waals surface area contributed by atoms with E-state index in [2.05, 4.69) is 0 Å². The van der Waals surface area contributed by atoms with Gasteiger partial charge >= 0.3 is 0 Å². The van der Waals surface area contributed by atoms with E-state index >= 15 is 0 Å². The number of carbonyl (C=O) groups excluding carboxylic acids is 1. The lowest BCUT2D eigenvalue weighted by molar-refractivity contribution is 0.0728. The van der Waals surface area contributed by atoms with E-state index in [1.807, 2.05) is 19.1 Å². The van der Waals surface area contributed by atoms with Crippen LogP contribution in [0.3, 0.4) is 0 Å². The summed E-state index contributed by atoms with van der Waals surface area (Å²) in [7, 11) is -0.744. The van der Waals surface area contributed by atoms with Crippen molar-refractivity contribution < 1.29 is 22.7 Å². The molecule has 0 aliphatic carbocycles. The quantitative estimate of drug-likeness (QED) is 0.672. The number of ether oxygens (including phenoxy) is 2. The van der Waals surface area contributed by atoms with Gasteiger partial charge in [-0.3, -0.25) is 4.79 Å². The van der Waals surface area contributed by atoms with Crippen LogP contribution in [0.1, 0.15) is 28.9 Å². The first-order valence-electron chi connectivity index (χ1n) is 9.54. The Hall–Kier alpha value is -2.13. The van der Waals surface area contributed by atoms with Crippen molar-refractivity contribution in [3.8, 4) is 5.75 Å². The highest BCUT2D eigenvalue weighted by atomic mass is 35.5. The van der Waals surface area contributed by atoms with Gasteiger partial charge in [0.15, 0.2) is 0 Å². The average molecular weight is 453 g/mol. The summed E-state index contributed by atoms with van der Waals surface area (Å²) in [6.45, 7) is 3.07. The maximum atomic E-state index is 13.2. The summed E-state index contributed by atoms with van der Waals surface area (Å²) >= 11 is 6.07. The number of hydrogen-bond donors (Lipinski definition) is 0. The molecule has 1 saturated heterocycles. The highest BCUT2D eigenvalue weighted by Crippen LogP contribution is 2.30. The predicted molar refractivity (Wildman–Crippen MR) is 115 cm³/mol. The predicted octanol–water partition coefficient (Wildman–Crippen LogP) is 3.20. The number of carbonyl (C=O) groups is 1. The number of halogens is 1. The van der Waals surface area contributed by atoms with E-state index in [-0.39, 0.29) is 41.2 Å².